The molecule has 3 heterocycles. The Morgan fingerprint density at radius 3 is 2.95 bits per heavy atom. The number of nitrogens with one attached hydrogen (secondary N) is 1. The Kier molecular flexibility index (Phi) is 3.84. The van der Waals surface area contributed by atoms with Crippen molar-refractivity contribution in [3.05, 3.63) is 29.4 Å². The first-order valence-corrected chi connectivity index (χ1v) is 6.98. The number of ether oxygens (including phenoxy) is 1. The van der Waals surface area contributed by atoms with Crippen LogP contribution in [0.1, 0.15) is 24.4 Å². The zero-order chi connectivity index (χ0) is 13.9. The predicted molar refractivity (Wildman–Crippen MR) is 76.4 cm³/mol. The van der Waals surface area contributed by atoms with E-state index in [-0.39, 0.29) is 5.28 Å². The summed E-state index contributed by atoms with van der Waals surface area (Å²) in [7, 11) is 0. The second-order valence-corrected chi connectivity index (χ2v) is 5.19. The maximum Gasteiger partial charge on any atom is 0.224 e. The lowest BCUT2D eigenvalue weighted by Gasteiger charge is -2.22. The van der Waals surface area contributed by atoms with Crippen molar-refractivity contribution in [1.29, 1.82) is 0 Å². The van der Waals surface area contributed by atoms with Gasteiger partial charge in [-0.1, -0.05) is 0 Å². The summed E-state index contributed by atoms with van der Waals surface area (Å²) < 4.78 is 7.35. The molecule has 106 valence electrons. The molecule has 1 aliphatic heterocycles. The molecular formula is C13H16ClN5O. The molecule has 0 aromatic carbocycles. The summed E-state index contributed by atoms with van der Waals surface area (Å²) in [5.41, 5.74) is 1.84. The van der Waals surface area contributed by atoms with Crippen molar-refractivity contribution in [2.24, 2.45) is 0 Å². The maximum absolute atomic E-state index is 5.81. The van der Waals surface area contributed by atoms with Gasteiger partial charge in [0, 0.05) is 31.2 Å². The van der Waals surface area contributed by atoms with Gasteiger partial charge in [0.2, 0.25) is 5.28 Å². The van der Waals surface area contributed by atoms with E-state index in [1.165, 1.54) is 0 Å². The van der Waals surface area contributed by atoms with Gasteiger partial charge in [0.1, 0.15) is 5.82 Å². The van der Waals surface area contributed by atoms with E-state index in [2.05, 4.69) is 20.4 Å². The number of aromatic nitrogens is 4. The van der Waals surface area contributed by atoms with Crippen molar-refractivity contribution in [3.63, 3.8) is 0 Å². The summed E-state index contributed by atoms with van der Waals surface area (Å²) in [5.74, 6) is 0.705. The number of halogens is 1. The van der Waals surface area contributed by atoms with Crippen LogP contribution in [0.3, 0.4) is 0 Å². The van der Waals surface area contributed by atoms with Gasteiger partial charge in [0.05, 0.1) is 17.9 Å². The first-order chi connectivity index (χ1) is 9.72. The number of hydrogen-bond donors (Lipinski definition) is 1. The van der Waals surface area contributed by atoms with Gasteiger partial charge in [0.15, 0.2) is 0 Å². The van der Waals surface area contributed by atoms with Gasteiger partial charge >= 0.3 is 0 Å². The Bertz CT molecular complexity index is 594. The molecule has 20 heavy (non-hydrogen) atoms. The maximum atomic E-state index is 5.81. The first-order valence-electron chi connectivity index (χ1n) is 6.60. The minimum absolute atomic E-state index is 0.231. The highest BCUT2D eigenvalue weighted by Crippen LogP contribution is 2.23. The third-order valence-corrected chi connectivity index (χ3v) is 3.55. The van der Waals surface area contributed by atoms with Crippen LogP contribution in [0.25, 0.3) is 0 Å². The highest BCUT2D eigenvalue weighted by atomic mass is 35.5. The van der Waals surface area contributed by atoms with E-state index in [0.29, 0.717) is 11.9 Å². The quantitative estimate of drug-likeness (QED) is 0.882. The monoisotopic (exact) mass is 293 g/mol. The first kappa shape index (κ1) is 13.3. The van der Waals surface area contributed by atoms with E-state index >= 15 is 0 Å². The van der Waals surface area contributed by atoms with Gasteiger partial charge in [0.25, 0.3) is 0 Å². The van der Waals surface area contributed by atoms with Gasteiger partial charge in [-0.3, -0.25) is 4.68 Å². The molecule has 0 unspecified atom stereocenters. The lowest BCUT2D eigenvalue weighted by atomic mass is 10.1. The van der Waals surface area contributed by atoms with Gasteiger partial charge < -0.3 is 10.1 Å². The van der Waals surface area contributed by atoms with Crippen molar-refractivity contribution < 1.29 is 4.74 Å². The van der Waals surface area contributed by atoms with Crippen LogP contribution >= 0.6 is 11.6 Å². The lowest BCUT2D eigenvalue weighted by molar-refractivity contribution is 0.0662. The Balaban J connectivity index is 1.75. The molecule has 0 atom stereocenters. The van der Waals surface area contributed by atoms with Gasteiger partial charge in [-0.15, -0.1) is 0 Å². The summed E-state index contributed by atoms with van der Waals surface area (Å²) in [6.07, 6.45) is 7.48. The Hall–Kier alpha value is -1.66. The predicted octanol–water partition coefficient (Wildman–Crippen LogP) is 2.73. The summed E-state index contributed by atoms with van der Waals surface area (Å²) in [6.45, 7) is 3.53. The standard InChI is InChI=1S/C13H16ClN5O/c1-9-6-15-13(14)18-12(9)17-10-7-16-19(8-10)11-2-4-20-5-3-11/h6-8,11H,2-5H2,1H3,(H,15,17,18). The lowest BCUT2D eigenvalue weighted by Crippen LogP contribution is -2.19. The molecule has 0 saturated carbocycles. The van der Waals surface area contributed by atoms with E-state index in [4.69, 9.17) is 16.3 Å². The fourth-order valence-corrected chi connectivity index (χ4v) is 2.37. The van der Waals surface area contributed by atoms with E-state index in [0.717, 1.165) is 37.3 Å². The van der Waals surface area contributed by atoms with Crippen LogP contribution < -0.4 is 5.32 Å². The molecular weight excluding hydrogens is 278 g/mol. The van der Waals surface area contributed by atoms with Crippen molar-refractivity contribution >= 4 is 23.1 Å². The van der Waals surface area contributed by atoms with Crippen molar-refractivity contribution in [2.45, 2.75) is 25.8 Å². The Labute approximate surface area is 122 Å². The molecule has 0 spiro atoms. The van der Waals surface area contributed by atoms with Gasteiger partial charge in [-0.2, -0.15) is 5.10 Å². The molecule has 0 aliphatic carbocycles. The molecule has 1 saturated heterocycles. The molecule has 0 amide bonds. The average Bonchev–Trinajstić information content (AvgIpc) is 2.92. The SMILES string of the molecule is Cc1cnc(Cl)nc1Nc1cnn(C2CCOCC2)c1. The molecule has 3 rings (SSSR count). The van der Waals surface area contributed by atoms with Crippen molar-refractivity contribution in [3.8, 4) is 0 Å². The summed E-state index contributed by atoms with van der Waals surface area (Å²) in [5, 5.41) is 7.86. The Morgan fingerprint density at radius 1 is 1.35 bits per heavy atom. The van der Waals surface area contributed by atoms with Crippen LogP contribution in [0.4, 0.5) is 11.5 Å². The van der Waals surface area contributed by atoms with E-state index in [9.17, 15) is 0 Å². The molecule has 7 heteroatoms. The molecule has 6 nitrogen and oxygen atoms in total. The van der Waals surface area contributed by atoms with Crippen LogP contribution in [-0.2, 0) is 4.74 Å². The molecule has 1 fully saturated rings. The fourth-order valence-electron chi connectivity index (χ4n) is 2.24. The number of hydrogen-bond acceptors (Lipinski definition) is 5. The number of aryl methyl sites for hydroxylation is 1. The number of rotatable bonds is 3. The van der Waals surface area contributed by atoms with E-state index in [1.54, 1.807) is 12.4 Å². The molecule has 2 aromatic heterocycles. The summed E-state index contributed by atoms with van der Waals surface area (Å²) >= 11 is 5.81. The van der Waals surface area contributed by atoms with E-state index < -0.39 is 0 Å². The second kappa shape index (κ2) is 5.76. The number of nitrogens with zero attached hydrogens (tertiary/aromatic N) is 4. The molecule has 0 radical (unpaired) electrons. The Morgan fingerprint density at radius 2 is 2.15 bits per heavy atom. The molecule has 0 bridgehead atoms. The third kappa shape index (κ3) is 2.91. The minimum Gasteiger partial charge on any atom is -0.381 e. The summed E-state index contributed by atoms with van der Waals surface area (Å²) in [6, 6.07) is 0.411. The van der Waals surface area contributed by atoms with Crippen LogP contribution in [0, 0.1) is 6.92 Å². The zero-order valence-electron chi connectivity index (χ0n) is 11.2. The number of anilines is 2. The summed E-state index contributed by atoms with van der Waals surface area (Å²) in [4.78, 5) is 8.12. The van der Waals surface area contributed by atoms with Crippen molar-refractivity contribution in [2.75, 3.05) is 18.5 Å². The largest absolute Gasteiger partial charge is 0.381 e. The second-order valence-electron chi connectivity index (χ2n) is 4.85. The van der Waals surface area contributed by atoms with E-state index in [1.807, 2.05) is 17.8 Å². The molecule has 2 aromatic rings. The highest BCUT2D eigenvalue weighted by molar-refractivity contribution is 6.28. The highest BCUT2D eigenvalue weighted by Gasteiger charge is 2.16. The smallest absolute Gasteiger partial charge is 0.224 e. The zero-order valence-corrected chi connectivity index (χ0v) is 12.0. The normalized spacial score (nSPS) is 16.3. The van der Waals surface area contributed by atoms with Crippen LogP contribution in [-0.4, -0.2) is 33.0 Å². The third-order valence-electron chi connectivity index (χ3n) is 3.37. The topological polar surface area (TPSA) is 64.9 Å². The van der Waals surface area contributed by atoms with Gasteiger partial charge in [-0.05, 0) is 31.4 Å². The molecule has 1 aliphatic rings. The van der Waals surface area contributed by atoms with Crippen molar-refractivity contribution in [1.82, 2.24) is 19.7 Å². The van der Waals surface area contributed by atoms with Crippen LogP contribution in [0.2, 0.25) is 5.28 Å². The average molecular weight is 294 g/mol. The van der Waals surface area contributed by atoms with Gasteiger partial charge in [-0.25, -0.2) is 9.97 Å². The van der Waals surface area contributed by atoms with Crippen LogP contribution in [0.5, 0.6) is 0 Å². The fraction of sp³-hybridized carbons (Fsp3) is 0.462. The van der Waals surface area contributed by atoms with Crippen LogP contribution in [0.15, 0.2) is 18.6 Å². The minimum atomic E-state index is 0.231. The molecule has 1 N–H and O–H groups in total.